The van der Waals surface area contributed by atoms with Crippen LogP contribution in [-0.4, -0.2) is 25.4 Å². The Bertz CT molecular complexity index is 1280. The van der Waals surface area contributed by atoms with Gasteiger partial charge in [0.1, 0.15) is 0 Å². The molecule has 1 atom stereocenters. The van der Waals surface area contributed by atoms with Crippen molar-refractivity contribution in [3.05, 3.63) is 77.1 Å². The molecule has 0 fully saturated rings. The predicted molar refractivity (Wildman–Crippen MR) is 113 cm³/mol. The van der Waals surface area contributed by atoms with Gasteiger partial charge in [0.15, 0.2) is 11.9 Å². The van der Waals surface area contributed by atoms with Crippen LogP contribution in [0.25, 0.3) is 27.7 Å². The molecule has 2 heterocycles. The van der Waals surface area contributed by atoms with Crippen LogP contribution in [0.2, 0.25) is 0 Å². The molecule has 4 aromatic rings. The van der Waals surface area contributed by atoms with Crippen LogP contribution in [0.5, 0.6) is 0 Å². The van der Waals surface area contributed by atoms with Gasteiger partial charge in [-0.25, -0.2) is 9.78 Å². The van der Waals surface area contributed by atoms with Crippen LogP contribution in [0.3, 0.4) is 0 Å². The number of nitrogens with zero attached hydrogens (tertiary/aromatic N) is 4. The number of hydrogen-bond donors (Lipinski definition) is 1. The maximum atomic E-state index is 13.8. The summed E-state index contributed by atoms with van der Waals surface area (Å²) >= 11 is 0. The lowest BCUT2D eigenvalue weighted by Crippen LogP contribution is -2.28. The highest BCUT2D eigenvalue weighted by Gasteiger charge is 2.24. The number of benzene rings is 2. The summed E-state index contributed by atoms with van der Waals surface area (Å²) in [5, 5.41) is 4.68. The molecule has 152 valence electrons. The van der Waals surface area contributed by atoms with E-state index in [-0.39, 0.29) is 5.56 Å². The third-order valence-corrected chi connectivity index (χ3v) is 4.87. The normalized spacial score (nSPS) is 12.1. The molecule has 0 unspecified atom stereocenters. The first-order chi connectivity index (χ1) is 14.5. The summed E-state index contributed by atoms with van der Waals surface area (Å²) in [4.78, 5) is 30.0. The van der Waals surface area contributed by atoms with Crippen LogP contribution in [-0.2, 0) is 11.8 Å². The lowest BCUT2D eigenvalue weighted by atomic mass is 10.0. The smallest absolute Gasteiger partial charge is 0.405 e. The summed E-state index contributed by atoms with van der Waals surface area (Å²) in [6.07, 6.45) is 2.29. The molecule has 0 aliphatic carbocycles. The Morgan fingerprint density at radius 1 is 1.17 bits per heavy atom. The van der Waals surface area contributed by atoms with E-state index in [4.69, 9.17) is 15.5 Å². The van der Waals surface area contributed by atoms with E-state index in [9.17, 15) is 9.59 Å². The Balaban J connectivity index is 2.07. The molecule has 2 aromatic heterocycles. The summed E-state index contributed by atoms with van der Waals surface area (Å²) in [6.45, 7) is 1.84. The van der Waals surface area contributed by atoms with Gasteiger partial charge in [-0.1, -0.05) is 37.3 Å². The highest BCUT2D eigenvalue weighted by Crippen LogP contribution is 2.28. The number of para-hydroxylation sites is 1. The fourth-order valence-corrected chi connectivity index (χ4v) is 3.55. The van der Waals surface area contributed by atoms with Gasteiger partial charge in [0.05, 0.1) is 22.8 Å². The average Bonchev–Trinajstić information content (AvgIpc) is 3.18. The van der Waals surface area contributed by atoms with Gasteiger partial charge in [-0.2, -0.15) is 5.10 Å². The summed E-state index contributed by atoms with van der Waals surface area (Å²) < 4.78 is 8.44. The van der Waals surface area contributed by atoms with Gasteiger partial charge < -0.3 is 10.5 Å². The van der Waals surface area contributed by atoms with Crippen LogP contribution in [0.4, 0.5) is 4.79 Å². The fraction of sp³-hybridized carbons (Fsp3) is 0.182. The standard InChI is InChI=1S/C22H21N5O3/c1-3-18(30-22(23)29)20-25-17-11-7-10-16(14-12-24-26(2)13-14)19(17)21(28)27(20)15-8-5-4-6-9-15/h4-13,18H,3H2,1-2H3,(H2,23,29)/t18-/m0/s1. The first kappa shape index (κ1) is 19.4. The van der Waals surface area contributed by atoms with Crippen molar-refractivity contribution < 1.29 is 9.53 Å². The van der Waals surface area contributed by atoms with E-state index in [2.05, 4.69) is 5.10 Å². The number of hydrogen-bond acceptors (Lipinski definition) is 5. The summed E-state index contributed by atoms with van der Waals surface area (Å²) in [7, 11) is 1.82. The van der Waals surface area contributed by atoms with E-state index in [1.165, 1.54) is 4.57 Å². The molecule has 8 heteroatoms. The Morgan fingerprint density at radius 2 is 1.93 bits per heavy atom. The monoisotopic (exact) mass is 403 g/mol. The molecular weight excluding hydrogens is 382 g/mol. The minimum atomic E-state index is -0.917. The van der Waals surface area contributed by atoms with Crippen molar-refractivity contribution in [3.63, 3.8) is 0 Å². The van der Waals surface area contributed by atoms with Gasteiger partial charge in [-0.15, -0.1) is 0 Å². The summed E-state index contributed by atoms with van der Waals surface area (Å²) in [5.74, 6) is 0.323. The first-order valence-corrected chi connectivity index (χ1v) is 9.55. The Hall–Kier alpha value is -3.94. The van der Waals surface area contributed by atoms with Crippen molar-refractivity contribution in [2.75, 3.05) is 0 Å². The maximum absolute atomic E-state index is 13.8. The van der Waals surface area contributed by atoms with E-state index >= 15 is 0 Å². The lowest BCUT2D eigenvalue weighted by molar-refractivity contribution is 0.0976. The number of aromatic nitrogens is 4. The number of aryl methyl sites for hydroxylation is 1. The predicted octanol–water partition coefficient (Wildman–Crippen LogP) is 3.33. The van der Waals surface area contributed by atoms with E-state index in [0.717, 1.165) is 11.1 Å². The van der Waals surface area contributed by atoms with Crippen molar-refractivity contribution in [2.45, 2.75) is 19.4 Å². The highest BCUT2D eigenvalue weighted by atomic mass is 16.6. The van der Waals surface area contributed by atoms with Crippen molar-refractivity contribution in [1.29, 1.82) is 0 Å². The number of rotatable bonds is 5. The summed E-state index contributed by atoms with van der Waals surface area (Å²) in [5.41, 5.74) is 7.69. The lowest BCUT2D eigenvalue weighted by Gasteiger charge is -2.20. The van der Waals surface area contributed by atoms with E-state index in [1.807, 2.05) is 62.6 Å². The fourth-order valence-electron chi connectivity index (χ4n) is 3.55. The zero-order chi connectivity index (χ0) is 21.3. The number of fused-ring (bicyclic) bond motifs is 1. The minimum absolute atomic E-state index is 0.257. The average molecular weight is 403 g/mol. The van der Waals surface area contributed by atoms with Gasteiger partial charge in [-0.3, -0.25) is 14.0 Å². The molecule has 0 spiro atoms. The van der Waals surface area contributed by atoms with E-state index in [0.29, 0.717) is 28.8 Å². The third kappa shape index (κ3) is 3.43. The number of carbonyl (C=O) groups excluding carboxylic acids is 1. The molecule has 2 aromatic carbocycles. The van der Waals surface area contributed by atoms with Crippen molar-refractivity contribution in [3.8, 4) is 16.8 Å². The van der Waals surface area contributed by atoms with Crippen LogP contribution in [0.1, 0.15) is 25.3 Å². The van der Waals surface area contributed by atoms with Gasteiger partial charge in [0.25, 0.3) is 5.56 Å². The highest BCUT2D eigenvalue weighted by molar-refractivity contribution is 5.94. The molecule has 0 saturated heterocycles. The van der Waals surface area contributed by atoms with Crippen molar-refractivity contribution >= 4 is 17.0 Å². The zero-order valence-electron chi connectivity index (χ0n) is 16.6. The zero-order valence-corrected chi connectivity index (χ0v) is 16.6. The largest absolute Gasteiger partial charge is 0.438 e. The Labute approximate surface area is 172 Å². The molecule has 0 aliphatic rings. The topological polar surface area (TPSA) is 105 Å². The van der Waals surface area contributed by atoms with E-state index < -0.39 is 12.2 Å². The van der Waals surface area contributed by atoms with Crippen molar-refractivity contribution in [2.24, 2.45) is 12.8 Å². The molecule has 1 amide bonds. The molecule has 2 N–H and O–H groups in total. The maximum Gasteiger partial charge on any atom is 0.405 e. The number of amides is 1. The van der Waals surface area contributed by atoms with Gasteiger partial charge >= 0.3 is 6.09 Å². The van der Waals surface area contributed by atoms with Crippen molar-refractivity contribution in [1.82, 2.24) is 19.3 Å². The second-order valence-electron chi connectivity index (χ2n) is 6.88. The van der Waals surface area contributed by atoms with Crippen LogP contribution in [0.15, 0.2) is 65.7 Å². The molecule has 8 nitrogen and oxygen atoms in total. The molecule has 4 rings (SSSR count). The SMILES string of the molecule is CC[C@H](OC(N)=O)c1nc2cccc(-c3cnn(C)c3)c2c(=O)n1-c1ccccc1. The van der Waals surface area contributed by atoms with Gasteiger partial charge in [-0.05, 0) is 30.2 Å². The molecular formula is C22H21N5O3. The second-order valence-corrected chi connectivity index (χ2v) is 6.88. The molecule has 0 radical (unpaired) electrons. The molecule has 0 saturated carbocycles. The quantitative estimate of drug-likeness (QED) is 0.550. The molecule has 30 heavy (non-hydrogen) atoms. The third-order valence-electron chi connectivity index (χ3n) is 4.87. The number of primary amides is 1. The van der Waals surface area contributed by atoms with Crippen LogP contribution in [0, 0.1) is 0 Å². The van der Waals surface area contributed by atoms with Crippen LogP contribution < -0.4 is 11.3 Å². The van der Waals surface area contributed by atoms with Gasteiger partial charge in [0, 0.05) is 18.8 Å². The minimum Gasteiger partial charge on any atom is -0.438 e. The second kappa shape index (κ2) is 7.82. The molecule has 0 aliphatic heterocycles. The van der Waals surface area contributed by atoms with Crippen LogP contribution >= 0.6 is 0 Å². The van der Waals surface area contributed by atoms with E-state index in [1.54, 1.807) is 16.9 Å². The summed E-state index contributed by atoms with van der Waals surface area (Å²) in [6, 6.07) is 14.6. The molecule has 0 bridgehead atoms. The van der Waals surface area contributed by atoms with Gasteiger partial charge in [0.2, 0.25) is 0 Å². The number of ether oxygens (including phenoxy) is 1. The Morgan fingerprint density at radius 3 is 2.57 bits per heavy atom. The first-order valence-electron chi connectivity index (χ1n) is 9.55. The number of nitrogens with two attached hydrogens (primary N) is 1. The number of carbonyl (C=O) groups is 1. The Kier molecular flexibility index (Phi) is 5.05.